The minimum absolute atomic E-state index is 0.0724. The summed E-state index contributed by atoms with van der Waals surface area (Å²) in [5.41, 5.74) is 5.41. The number of anilines is 2. The largest absolute Gasteiger partial charge is 0.368 e. The Morgan fingerprint density at radius 3 is 2.35 bits per heavy atom. The van der Waals surface area contributed by atoms with Gasteiger partial charge in [0.25, 0.3) is 0 Å². The Bertz CT molecular complexity index is 649. The van der Waals surface area contributed by atoms with Crippen molar-refractivity contribution in [2.45, 2.75) is 12.8 Å². The molecule has 0 spiro atoms. The number of aromatic nitrogens is 3. The van der Waals surface area contributed by atoms with E-state index < -0.39 is 17.5 Å². The molecule has 1 aromatic carbocycles. The molecule has 3 rings (SSSR count). The van der Waals surface area contributed by atoms with E-state index in [1.54, 1.807) is 0 Å². The van der Waals surface area contributed by atoms with Crippen LogP contribution in [0.25, 0.3) is 5.69 Å². The second kappa shape index (κ2) is 4.69. The molecule has 0 aliphatic carbocycles. The molecule has 1 saturated heterocycles. The minimum Gasteiger partial charge on any atom is -0.368 e. The summed E-state index contributed by atoms with van der Waals surface area (Å²) in [6, 6.07) is 1.17. The van der Waals surface area contributed by atoms with E-state index in [-0.39, 0.29) is 11.6 Å². The van der Waals surface area contributed by atoms with Crippen LogP contribution in [0.1, 0.15) is 12.8 Å². The number of nitrogens with two attached hydrogens (primary N) is 1. The van der Waals surface area contributed by atoms with Gasteiger partial charge >= 0.3 is 0 Å². The minimum atomic E-state index is -1.26. The van der Waals surface area contributed by atoms with Crippen LogP contribution < -0.4 is 10.6 Å². The number of nitrogen functional groups attached to an aromatic ring is 1. The fourth-order valence-corrected chi connectivity index (χ4v) is 2.22. The maximum Gasteiger partial charge on any atom is 0.246 e. The van der Waals surface area contributed by atoms with Gasteiger partial charge in [0.2, 0.25) is 11.9 Å². The molecule has 2 heterocycles. The van der Waals surface area contributed by atoms with Crippen LogP contribution in [-0.4, -0.2) is 27.9 Å². The van der Waals surface area contributed by atoms with Crippen molar-refractivity contribution in [3.8, 4) is 5.69 Å². The molecule has 2 aromatic rings. The van der Waals surface area contributed by atoms with Gasteiger partial charge in [-0.05, 0) is 12.8 Å². The molecule has 0 radical (unpaired) electrons. The Kier molecular flexibility index (Phi) is 3.00. The van der Waals surface area contributed by atoms with Gasteiger partial charge in [-0.25, -0.2) is 13.2 Å². The van der Waals surface area contributed by atoms with Gasteiger partial charge in [-0.1, -0.05) is 0 Å². The van der Waals surface area contributed by atoms with E-state index in [4.69, 9.17) is 5.73 Å². The number of benzene rings is 1. The normalized spacial score (nSPS) is 15.1. The Morgan fingerprint density at radius 1 is 1.00 bits per heavy atom. The molecular formula is C12H12F3N5. The fourth-order valence-electron chi connectivity index (χ4n) is 2.22. The smallest absolute Gasteiger partial charge is 0.246 e. The Balaban J connectivity index is 2.04. The van der Waals surface area contributed by atoms with Crippen molar-refractivity contribution in [1.29, 1.82) is 0 Å². The molecule has 20 heavy (non-hydrogen) atoms. The van der Waals surface area contributed by atoms with Crippen molar-refractivity contribution in [2.75, 3.05) is 23.7 Å². The van der Waals surface area contributed by atoms with Crippen molar-refractivity contribution in [2.24, 2.45) is 0 Å². The van der Waals surface area contributed by atoms with Crippen molar-refractivity contribution in [3.63, 3.8) is 0 Å². The lowest BCUT2D eigenvalue weighted by Gasteiger charge is -2.11. The van der Waals surface area contributed by atoms with Gasteiger partial charge in [0, 0.05) is 25.2 Å². The van der Waals surface area contributed by atoms with E-state index in [0.29, 0.717) is 18.1 Å². The first-order valence-electron chi connectivity index (χ1n) is 6.18. The summed E-state index contributed by atoms with van der Waals surface area (Å²) in [6.45, 7) is 1.59. The zero-order valence-corrected chi connectivity index (χ0v) is 10.5. The van der Waals surface area contributed by atoms with Gasteiger partial charge in [-0.2, -0.15) is 9.67 Å². The van der Waals surface area contributed by atoms with Crippen LogP contribution in [0.3, 0.4) is 0 Å². The molecular weight excluding hydrogens is 271 g/mol. The molecule has 0 bridgehead atoms. The van der Waals surface area contributed by atoms with Crippen LogP contribution in [0.2, 0.25) is 0 Å². The molecule has 0 saturated carbocycles. The summed E-state index contributed by atoms with van der Waals surface area (Å²) in [5, 5.41) is 4.07. The van der Waals surface area contributed by atoms with E-state index in [9.17, 15) is 13.2 Å². The van der Waals surface area contributed by atoms with Crippen LogP contribution in [0.5, 0.6) is 0 Å². The second-order valence-electron chi connectivity index (χ2n) is 4.59. The Hall–Kier alpha value is -2.25. The highest BCUT2D eigenvalue weighted by atomic mass is 19.2. The zero-order chi connectivity index (χ0) is 14.3. The van der Waals surface area contributed by atoms with Crippen LogP contribution in [0.4, 0.5) is 25.1 Å². The van der Waals surface area contributed by atoms with Gasteiger partial charge in [0.1, 0.15) is 5.69 Å². The Morgan fingerprint density at radius 2 is 1.65 bits per heavy atom. The van der Waals surface area contributed by atoms with E-state index in [1.807, 2.05) is 4.90 Å². The molecule has 0 amide bonds. The lowest BCUT2D eigenvalue weighted by Crippen LogP contribution is -2.19. The number of hydrogen-bond acceptors (Lipinski definition) is 4. The molecule has 8 heteroatoms. The second-order valence-corrected chi connectivity index (χ2v) is 4.59. The third-order valence-electron chi connectivity index (χ3n) is 3.23. The lowest BCUT2D eigenvalue weighted by molar-refractivity contribution is 0.491. The summed E-state index contributed by atoms with van der Waals surface area (Å²) in [6.07, 6.45) is 2.04. The third-order valence-corrected chi connectivity index (χ3v) is 3.23. The zero-order valence-electron chi connectivity index (χ0n) is 10.5. The number of hydrogen-bond donors (Lipinski definition) is 1. The van der Waals surface area contributed by atoms with Crippen molar-refractivity contribution in [1.82, 2.24) is 14.8 Å². The maximum atomic E-state index is 13.7. The highest BCUT2D eigenvalue weighted by molar-refractivity contribution is 5.44. The third kappa shape index (κ3) is 2.06. The number of nitrogens with zero attached hydrogens (tertiary/aromatic N) is 4. The monoisotopic (exact) mass is 283 g/mol. The number of halogens is 3. The molecule has 1 fully saturated rings. The molecule has 1 aromatic heterocycles. The van der Waals surface area contributed by atoms with Gasteiger partial charge in [-0.15, -0.1) is 5.10 Å². The summed E-state index contributed by atoms with van der Waals surface area (Å²) in [7, 11) is 0. The van der Waals surface area contributed by atoms with Crippen LogP contribution in [0.15, 0.2) is 12.1 Å². The molecule has 1 aliphatic heterocycles. The maximum absolute atomic E-state index is 13.7. The topological polar surface area (TPSA) is 60.0 Å². The van der Waals surface area contributed by atoms with Gasteiger partial charge in [0.15, 0.2) is 17.5 Å². The van der Waals surface area contributed by atoms with E-state index in [1.165, 1.54) is 0 Å². The van der Waals surface area contributed by atoms with Gasteiger partial charge in [0.05, 0.1) is 0 Å². The first-order chi connectivity index (χ1) is 9.56. The van der Waals surface area contributed by atoms with Crippen molar-refractivity contribution >= 4 is 11.9 Å². The first kappa shape index (κ1) is 12.8. The van der Waals surface area contributed by atoms with Gasteiger partial charge in [-0.3, -0.25) is 0 Å². The average Bonchev–Trinajstić information content (AvgIpc) is 3.03. The van der Waals surface area contributed by atoms with E-state index >= 15 is 0 Å². The van der Waals surface area contributed by atoms with Crippen LogP contribution in [0, 0.1) is 17.5 Å². The fraction of sp³-hybridized carbons (Fsp3) is 0.333. The predicted molar refractivity (Wildman–Crippen MR) is 67.1 cm³/mol. The quantitative estimate of drug-likeness (QED) is 0.855. The van der Waals surface area contributed by atoms with Crippen molar-refractivity contribution in [3.05, 3.63) is 29.6 Å². The van der Waals surface area contributed by atoms with E-state index in [0.717, 1.165) is 30.6 Å². The molecule has 2 N–H and O–H groups in total. The van der Waals surface area contributed by atoms with Gasteiger partial charge < -0.3 is 10.6 Å². The molecule has 0 atom stereocenters. The van der Waals surface area contributed by atoms with E-state index in [2.05, 4.69) is 10.1 Å². The summed E-state index contributed by atoms with van der Waals surface area (Å²) in [4.78, 5) is 5.94. The highest BCUT2D eigenvalue weighted by Crippen LogP contribution is 2.23. The Labute approximate surface area is 112 Å². The SMILES string of the molecule is Nc1nc(N2CCCC2)nn1-c1cc(F)c(F)cc1F. The summed E-state index contributed by atoms with van der Waals surface area (Å²) >= 11 is 0. The summed E-state index contributed by atoms with van der Waals surface area (Å²) in [5.74, 6) is -3.09. The predicted octanol–water partition coefficient (Wildman–Crippen LogP) is 1.87. The molecule has 1 aliphatic rings. The molecule has 5 nitrogen and oxygen atoms in total. The first-order valence-corrected chi connectivity index (χ1v) is 6.18. The van der Waals surface area contributed by atoms with Crippen molar-refractivity contribution < 1.29 is 13.2 Å². The standard InChI is InChI=1S/C12H12F3N5/c13-7-5-9(15)10(6-8(7)14)20-11(16)17-12(18-20)19-3-1-2-4-19/h5-6H,1-4H2,(H2,16,17,18). The summed E-state index contributed by atoms with van der Waals surface area (Å²) < 4.78 is 40.9. The lowest BCUT2D eigenvalue weighted by atomic mass is 10.3. The average molecular weight is 283 g/mol. The van der Waals surface area contributed by atoms with Crippen LogP contribution >= 0.6 is 0 Å². The highest BCUT2D eigenvalue weighted by Gasteiger charge is 2.21. The van der Waals surface area contributed by atoms with Crippen LogP contribution in [-0.2, 0) is 0 Å². The number of rotatable bonds is 2. The molecule has 106 valence electrons. The molecule has 0 unspecified atom stereocenters.